The largest absolute Gasteiger partial charge is 0.496 e. The smallest absolute Gasteiger partial charge is 0.204 e. The molecule has 0 bridgehead atoms. The molecule has 3 aromatic rings. The molecule has 0 saturated heterocycles. The van der Waals surface area contributed by atoms with Gasteiger partial charge < -0.3 is 18.6 Å². The zero-order chi connectivity index (χ0) is 15.9. The second-order valence-electron chi connectivity index (χ2n) is 4.90. The molecule has 0 saturated carbocycles. The van der Waals surface area contributed by atoms with Gasteiger partial charge in [-0.25, -0.2) is 0 Å². The minimum Gasteiger partial charge on any atom is -0.496 e. The van der Waals surface area contributed by atoms with Crippen LogP contribution in [0.1, 0.15) is 5.56 Å². The first-order chi connectivity index (χ1) is 10.6. The molecule has 0 spiro atoms. The fourth-order valence-corrected chi connectivity index (χ4v) is 2.69. The zero-order valence-corrected chi connectivity index (χ0v) is 12.9. The van der Waals surface area contributed by atoms with E-state index in [1.165, 1.54) is 14.2 Å². The lowest BCUT2D eigenvalue weighted by Crippen LogP contribution is -2.07. The first kappa shape index (κ1) is 14.3. The molecule has 22 heavy (non-hydrogen) atoms. The van der Waals surface area contributed by atoms with Crippen LogP contribution < -0.4 is 19.6 Å². The predicted molar refractivity (Wildman–Crippen MR) is 84.4 cm³/mol. The van der Waals surface area contributed by atoms with Crippen molar-refractivity contribution < 1.29 is 18.6 Å². The van der Waals surface area contributed by atoms with Crippen molar-refractivity contribution in [1.82, 2.24) is 0 Å². The van der Waals surface area contributed by atoms with E-state index >= 15 is 0 Å². The summed E-state index contributed by atoms with van der Waals surface area (Å²) in [7, 11) is 4.59. The summed E-state index contributed by atoms with van der Waals surface area (Å²) in [6, 6.07) is 7.00. The molecule has 2 aromatic carbocycles. The van der Waals surface area contributed by atoms with Gasteiger partial charge in [-0.2, -0.15) is 0 Å². The normalized spacial score (nSPS) is 10.9. The number of hydrogen-bond donors (Lipinski definition) is 0. The highest BCUT2D eigenvalue weighted by molar-refractivity contribution is 5.97. The second-order valence-corrected chi connectivity index (χ2v) is 4.90. The van der Waals surface area contributed by atoms with Crippen molar-refractivity contribution in [2.75, 3.05) is 21.3 Å². The highest BCUT2D eigenvalue weighted by atomic mass is 16.5. The van der Waals surface area contributed by atoms with Gasteiger partial charge in [-0.1, -0.05) is 6.07 Å². The van der Waals surface area contributed by atoms with Crippen molar-refractivity contribution in [1.29, 1.82) is 0 Å². The maximum Gasteiger partial charge on any atom is 0.204 e. The number of hydrogen-bond acceptors (Lipinski definition) is 5. The lowest BCUT2D eigenvalue weighted by Gasteiger charge is -2.13. The van der Waals surface area contributed by atoms with Crippen molar-refractivity contribution in [2.24, 2.45) is 0 Å². The molecule has 0 radical (unpaired) electrons. The first-order valence-corrected chi connectivity index (χ1v) is 6.77. The highest BCUT2D eigenvalue weighted by Gasteiger charge is 2.20. The minimum atomic E-state index is -0.146. The third-order valence-electron chi connectivity index (χ3n) is 3.70. The molecule has 0 atom stereocenters. The van der Waals surface area contributed by atoms with Gasteiger partial charge in [0, 0.05) is 0 Å². The van der Waals surface area contributed by atoms with E-state index in [0.717, 1.165) is 5.56 Å². The van der Waals surface area contributed by atoms with Crippen molar-refractivity contribution in [2.45, 2.75) is 6.92 Å². The van der Waals surface area contributed by atoms with Gasteiger partial charge >= 0.3 is 0 Å². The standard InChI is InChI=1S/C17H16O5/c1-9-8-12(20-3)16(21-4)17-13(9)15(18)14-10(19-2)6-5-7-11(14)22-17/h5-8H,1-4H3. The summed E-state index contributed by atoms with van der Waals surface area (Å²) in [4.78, 5) is 12.9. The van der Waals surface area contributed by atoms with Crippen LogP contribution in [-0.4, -0.2) is 21.3 Å². The average Bonchev–Trinajstić information content (AvgIpc) is 2.53. The number of aryl methyl sites for hydroxylation is 1. The number of ether oxygens (including phenoxy) is 3. The van der Waals surface area contributed by atoms with Gasteiger partial charge in [0.1, 0.15) is 16.7 Å². The Morgan fingerprint density at radius 3 is 2.32 bits per heavy atom. The molecule has 1 aromatic heterocycles. The van der Waals surface area contributed by atoms with Gasteiger partial charge in [-0.3, -0.25) is 4.79 Å². The Morgan fingerprint density at radius 1 is 0.955 bits per heavy atom. The summed E-state index contributed by atoms with van der Waals surface area (Å²) in [6.45, 7) is 1.84. The molecule has 114 valence electrons. The Hall–Kier alpha value is -2.69. The fraction of sp³-hybridized carbons (Fsp3) is 0.235. The van der Waals surface area contributed by atoms with Gasteiger partial charge in [0.2, 0.25) is 11.2 Å². The van der Waals surface area contributed by atoms with E-state index in [-0.39, 0.29) is 5.43 Å². The molecular formula is C17H16O5. The minimum absolute atomic E-state index is 0.146. The Balaban J connectivity index is 2.59. The van der Waals surface area contributed by atoms with Gasteiger partial charge in [0.15, 0.2) is 11.3 Å². The van der Waals surface area contributed by atoms with Crippen molar-refractivity contribution in [3.8, 4) is 17.2 Å². The molecule has 0 fully saturated rings. The molecule has 1 heterocycles. The van der Waals surface area contributed by atoms with Crippen LogP contribution in [0.2, 0.25) is 0 Å². The molecule has 0 aliphatic carbocycles. The Bertz CT molecular complexity index is 924. The maximum atomic E-state index is 12.9. The van der Waals surface area contributed by atoms with E-state index in [2.05, 4.69) is 0 Å². The lowest BCUT2D eigenvalue weighted by atomic mass is 10.1. The van der Waals surface area contributed by atoms with Gasteiger partial charge in [-0.05, 0) is 30.7 Å². The highest BCUT2D eigenvalue weighted by Crippen LogP contribution is 2.38. The van der Waals surface area contributed by atoms with Crippen molar-refractivity contribution >= 4 is 21.9 Å². The van der Waals surface area contributed by atoms with Crippen LogP contribution >= 0.6 is 0 Å². The Labute approximate surface area is 127 Å². The average molecular weight is 300 g/mol. The van der Waals surface area contributed by atoms with Crippen LogP contribution in [0.25, 0.3) is 21.9 Å². The van der Waals surface area contributed by atoms with Crippen LogP contribution in [0.5, 0.6) is 17.2 Å². The SMILES string of the molecule is COc1cc(C)c2c(=O)c3c(OC)cccc3oc2c1OC. The number of benzene rings is 2. The summed E-state index contributed by atoms with van der Waals surface area (Å²) in [5.41, 5.74) is 1.44. The molecule has 5 heteroatoms. The van der Waals surface area contributed by atoms with Crippen LogP contribution in [0, 0.1) is 6.92 Å². The van der Waals surface area contributed by atoms with Gasteiger partial charge in [-0.15, -0.1) is 0 Å². The van der Waals surface area contributed by atoms with Gasteiger partial charge in [0.05, 0.1) is 26.7 Å². The summed E-state index contributed by atoms with van der Waals surface area (Å²) in [6.07, 6.45) is 0. The second kappa shape index (κ2) is 5.26. The molecular weight excluding hydrogens is 284 g/mol. The zero-order valence-electron chi connectivity index (χ0n) is 12.9. The topological polar surface area (TPSA) is 57.9 Å². The molecule has 5 nitrogen and oxygen atoms in total. The quantitative estimate of drug-likeness (QED) is 0.695. The van der Waals surface area contributed by atoms with E-state index in [0.29, 0.717) is 39.2 Å². The lowest BCUT2D eigenvalue weighted by molar-refractivity contribution is 0.353. The summed E-state index contributed by atoms with van der Waals surface area (Å²) in [5.74, 6) is 1.42. The van der Waals surface area contributed by atoms with E-state index in [1.807, 2.05) is 6.92 Å². The third-order valence-corrected chi connectivity index (χ3v) is 3.70. The molecule has 0 unspecified atom stereocenters. The molecule has 0 aliphatic heterocycles. The van der Waals surface area contributed by atoms with Crippen LogP contribution in [0.3, 0.4) is 0 Å². The monoisotopic (exact) mass is 300 g/mol. The maximum absolute atomic E-state index is 12.9. The molecule has 3 rings (SSSR count). The molecule has 0 N–H and O–H groups in total. The van der Waals surface area contributed by atoms with Crippen LogP contribution in [0.15, 0.2) is 33.5 Å². The van der Waals surface area contributed by atoms with Crippen molar-refractivity contribution in [3.63, 3.8) is 0 Å². The third kappa shape index (κ3) is 1.89. The van der Waals surface area contributed by atoms with Crippen LogP contribution in [-0.2, 0) is 0 Å². The molecule has 0 aliphatic rings. The Morgan fingerprint density at radius 2 is 1.68 bits per heavy atom. The summed E-state index contributed by atoms with van der Waals surface area (Å²) >= 11 is 0. The summed E-state index contributed by atoms with van der Waals surface area (Å²) in [5, 5.41) is 0.891. The van der Waals surface area contributed by atoms with E-state index < -0.39 is 0 Å². The first-order valence-electron chi connectivity index (χ1n) is 6.77. The van der Waals surface area contributed by atoms with E-state index in [9.17, 15) is 4.79 Å². The van der Waals surface area contributed by atoms with Gasteiger partial charge in [0.25, 0.3) is 0 Å². The van der Waals surface area contributed by atoms with E-state index in [4.69, 9.17) is 18.6 Å². The summed E-state index contributed by atoms with van der Waals surface area (Å²) < 4.78 is 21.9. The Kier molecular flexibility index (Phi) is 3.41. The predicted octanol–water partition coefficient (Wildman–Crippen LogP) is 3.28. The number of fused-ring (bicyclic) bond motifs is 2. The molecule has 0 amide bonds. The fourth-order valence-electron chi connectivity index (χ4n) is 2.69. The van der Waals surface area contributed by atoms with E-state index in [1.54, 1.807) is 31.4 Å². The van der Waals surface area contributed by atoms with Crippen LogP contribution in [0.4, 0.5) is 0 Å². The number of methoxy groups -OCH3 is 3. The van der Waals surface area contributed by atoms with Crippen molar-refractivity contribution in [3.05, 3.63) is 40.1 Å². The number of rotatable bonds is 3.